The van der Waals surface area contributed by atoms with Crippen molar-refractivity contribution in [3.63, 3.8) is 0 Å². The third-order valence-corrected chi connectivity index (χ3v) is 3.75. The van der Waals surface area contributed by atoms with Crippen LogP contribution in [-0.4, -0.2) is 28.7 Å². The number of methoxy groups -OCH3 is 1. The number of aryl methyl sites for hydroxylation is 1. The molecule has 20 heavy (non-hydrogen) atoms. The Morgan fingerprint density at radius 1 is 1.35 bits per heavy atom. The third-order valence-electron chi connectivity index (χ3n) is 2.80. The van der Waals surface area contributed by atoms with Crippen molar-refractivity contribution in [3.8, 4) is 22.9 Å². The van der Waals surface area contributed by atoms with Crippen LogP contribution in [0.3, 0.4) is 0 Å². The second kappa shape index (κ2) is 6.09. The van der Waals surface area contributed by atoms with Crippen molar-refractivity contribution in [2.75, 3.05) is 19.0 Å². The molecule has 6 heteroatoms. The number of nitrogens with zero attached hydrogens (tertiary/aromatic N) is 2. The maximum Gasteiger partial charge on any atom is 0.161 e. The Bertz CT molecular complexity index is 632. The van der Waals surface area contributed by atoms with Crippen molar-refractivity contribution in [3.05, 3.63) is 28.4 Å². The van der Waals surface area contributed by atoms with Gasteiger partial charge in [-0.1, -0.05) is 0 Å². The first kappa shape index (κ1) is 14.6. The topological polar surface area (TPSA) is 67.3 Å². The van der Waals surface area contributed by atoms with Gasteiger partial charge in [0.2, 0.25) is 0 Å². The summed E-state index contributed by atoms with van der Waals surface area (Å²) in [4.78, 5) is 8.95. The van der Waals surface area contributed by atoms with Gasteiger partial charge in [0.25, 0.3) is 0 Å². The highest BCUT2D eigenvalue weighted by atomic mass is 79.9. The van der Waals surface area contributed by atoms with Crippen LogP contribution in [0.4, 0.5) is 5.82 Å². The molecule has 0 atom stereocenters. The summed E-state index contributed by atoms with van der Waals surface area (Å²) in [6, 6.07) is 5.05. The number of ether oxygens (including phenoxy) is 1. The summed E-state index contributed by atoms with van der Waals surface area (Å²) < 4.78 is 5.96. The van der Waals surface area contributed by atoms with Gasteiger partial charge >= 0.3 is 0 Å². The molecule has 0 bridgehead atoms. The summed E-state index contributed by atoms with van der Waals surface area (Å²) in [6.07, 6.45) is 0. The van der Waals surface area contributed by atoms with Gasteiger partial charge in [-0.3, -0.25) is 0 Å². The largest absolute Gasteiger partial charge is 0.504 e. The summed E-state index contributed by atoms with van der Waals surface area (Å²) in [6.45, 7) is 4.69. The minimum atomic E-state index is 0.0944. The van der Waals surface area contributed by atoms with E-state index >= 15 is 0 Å². The molecule has 0 saturated carbocycles. The molecule has 2 N–H and O–H groups in total. The highest BCUT2D eigenvalue weighted by Gasteiger charge is 2.12. The fraction of sp³-hybridized carbons (Fsp3) is 0.286. The molecular formula is C14H16BrN3O2. The van der Waals surface area contributed by atoms with Crippen LogP contribution < -0.4 is 10.1 Å². The van der Waals surface area contributed by atoms with E-state index in [0.717, 1.165) is 28.1 Å². The molecular weight excluding hydrogens is 322 g/mol. The van der Waals surface area contributed by atoms with Crippen LogP contribution in [0.5, 0.6) is 11.5 Å². The molecule has 1 aromatic carbocycles. The zero-order chi connectivity index (χ0) is 14.7. The minimum absolute atomic E-state index is 0.0944. The number of anilines is 1. The molecule has 2 rings (SSSR count). The van der Waals surface area contributed by atoms with Gasteiger partial charge in [-0.15, -0.1) is 0 Å². The predicted octanol–water partition coefficient (Wildman–Crippen LogP) is 3.36. The number of aromatic hydroxyl groups is 1. The van der Waals surface area contributed by atoms with Gasteiger partial charge in [-0.05, 0) is 48.0 Å². The van der Waals surface area contributed by atoms with Crippen molar-refractivity contribution in [2.45, 2.75) is 13.8 Å². The van der Waals surface area contributed by atoms with E-state index in [2.05, 4.69) is 31.2 Å². The predicted molar refractivity (Wildman–Crippen MR) is 82.3 cm³/mol. The fourth-order valence-corrected chi connectivity index (χ4v) is 2.11. The van der Waals surface area contributed by atoms with Gasteiger partial charge in [0.05, 0.1) is 17.3 Å². The molecule has 106 valence electrons. The summed E-state index contributed by atoms with van der Waals surface area (Å²) in [5, 5.41) is 12.8. The summed E-state index contributed by atoms with van der Waals surface area (Å²) in [7, 11) is 1.51. The molecule has 0 radical (unpaired) electrons. The Labute approximate surface area is 126 Å². The van der Waals surface area contributed by atoms with Gasteiger partial charge in [-0.25, -0.2) is 9.97 Å². The number of rotatable bonds is 4. The zero-order valence-electron chi connectivity index (χ0n) is 11.6. The lowest BCUT2D eigenvalue weighted by Gasteiger charge is -2.11. The van der Waals surface area contributed by atoms with E-state index in [0.29, 0.717) is 11.6 Å². The Kier molecular flexibility index (Phi) is 4.44. The number of hydrogen-bond donors (Lipinski definition) is 2. The monoisotopic (exact) mass is 337 g/mol. The molecule has 0 saturated heterocycles. The van der Waals surface area contributed by atoms with Crippen LogP contribution in [0.1, 0.15) is 12.6 Å². The maximum atomic E-state index is 9.63. The fourth-order valence-electron chi connectivity index (χ4n) is 1.79. The Balaban J connectivity index is 2.52. The molecule has 1 heterocycles. The van der Waals surface area contributed by atoms with Crippen LogP contribution in [0.15, 0.2) is 22.7 Å². The lowest BCUT2D eigenvalue weighted by Crippen LogP contribution is -2.04. The van der Waals surface area contributed by atoms with E-state index < -0.39 is 0 Å². The standard InChI is InChI=1S/C14H16BrN3O2/c1-4-16-14-12(15)8(2)17-13(18-14)9-5-6-10(19)11(7-9)20-3/h5-7,19H,4H2,1-3H3,(H,16,17,18). The number of halogens is 1. The van der Waals surface area contributed by atoms with Crippen LogP contribution in [-0.2, 0) is 0 Å². The average molecular weight is 338 g/mol. The summed E-state index contributed by atoms with van der Waals surface area (Å²) >= 11 is 3.48. The molecule has 0 amide bonds. The van der Waals surface area contributed by atoms with E-state index in [4.69, 9.17) is 4.74 Å². The molecule has 0 aliphatic heterocycles. The van der Waals surface area contributed by atoms with Gasteiger partial charge in [-0.2, -0.15) is 0 Å². The van der Waals surface area contributed by atoms with Gasteiger partial charge < -0.3 is 15.2 Å². The number of benzene rings is 1. The third kappa shape index (κ3) is 2.85. The normalized spacial score (nSPS) is 10.4. The van der Waals surface area contributed by atoms with E-state index in [1.54, 1.807) is 18.2 Å². The van der Waals surface area contributed by atoms with Crippen LogP contribution >= 0.6 is 15.9 Å². The first-order chi connectivity index (χ1) is 9.56. The molecule has 0 fully saturated rings. The molecule has 2 aromatic rings. The summed E-state index contributed by atoms with van der Waals surface area (Å²) in [5.74, 6) is 1.83. The van der Waals surface area contributed by atoms with Crippen molar-refractivity contribution < 1.29 is 9.84 Å². The highest BCUT2D eigenvalue weighted by Crippen LogP contribution is 2.32. The van der Waals surface area contributed by atoms with Crippen molar-refractivity contribution in [1.82, 2.24) is 9.97 Å². The highest BCUT2D eigenvalue weighted by molar-refractivity contribution is 9.10. The molecule has 1 aromatic heterocycles. The number of nitrogens with one attached hydrogen (secondary N) is 1. The van der Waals surface area contributed by atoms with E-state index in [-0.39, 0.29) is 5.75 Å². The molecule has 0 spiro atoms. The Hall–Kier alpha value is -1.82. The number of aromatic nitrogens is 2. The lowest BCUT2D eigenvalue weighted by atomic mass is 10.2. The van der Waals surface area contributed by atoms with Gasteiger partial charge in [0.1, 0.15) is 5.82 Å². The molecule has 0 aliphatic carbocycles. The minimum Gasteiger partial charge on any atom is -0.504 e. The smallest absolute Gasteiger partial charge is 0.161 e. The van der Waals surface area contributed by atoms with E-state index in [9.17, 15) is 5.11 Å². The molecule has 0 unspecified atom stereocenters. The van der Waals surface area contributed by atoms with Gasteiger partial charge in [0, 0.05) is 12.1 Å². The average Bonchev–Trinajstić information content (AvgIpc) is 2.44. The van der Waals surface area contributed by atoms with E-state index in [1.165, 1.54) is 7.11 Å². The maximum absolute atomic E-state index is 9.63. The number of phenolic OH excluding ortho intramolecular Hbond substituents is 1. The first-order valence-electron chi connectivity index (χ1n) is 6.22. The van der Waals surface area contributed by atoms with Crippen LogP contribution in [0, 0.1) is 6.92 Å². The lowest BCUT2D eigenvalue weighted by molar-refractivity contribution is 0.373. The van der Waals surface area contributed by atoms with Gasteiger partial charge in [0.15, 0.2) is 17.3 Å². The van der Waals surface area contributed by atoms with Crippen LogP contribution in [0.25, 0.3) is 11.4 Å². The zero-order valence-corrected chi connectivity index (χ0v) is 13.2. The van der Waals surface area contributed by atoms with E-state index in [1.807, 2.05) is 13.8 Å². The molecule has 5 nitrogen and oxygen atoms in total. The summed E-state index contributed by atoms with van der Waals surface area (Å²) in [5.41, 5.74) is 1.63. The Morgan fingerprint density at radius 2 is 2.10 bits per heavy atom. The quantitative estimate of drug-likeness (QED) is 0.895. The SMILES string of the molecule is CCNc1nc(-c2ccc(O)c(OC)c2)nc(C)c1Br. The molecule has 0 aliphatic rings. The first-order valence-corrected chi connectivity index (χ1v) is 7.01. The van der Waals surface area contributed by atoms with Crippen molar-refractivity contribution in [1.29, 1.82) is 0 Å². The van der Waals surface area contributed by atoms with Crippen molar-refractivity contribution >= 4 is 21.7 Å². The number of phenols is 1. The van der Waals surface area contributed by atoms with Crippen LogP contribution in [0.2, 0.25) is 0 Å². The second-order valence-corrected chi connectivity index (χ2v) is 5.01. The Morgan fingerprint density at radius 3 is 2.75 bits per heavy atom. The number of hydrogen-bond acceptors (Lipinski definition) is 5. The van der Waals surface area contributed by atoms with Crippen molar-refractivity contribution in [2.24, 2.45) is 0 Å². The second-order valence-electron chi connectivity index (χ2n) is 4.21.